The summed E-state index contributed by atoms with van der Waals surface area (Å²) < 4.78 is 1.85. The highest BCUT2D eigenvalue weighted by Gasteiger charge is 2.20. The van der Waals surface area contributed by atoms with E-state index >= 15 is 0 Å². The largest absolute Gasteiger partial charge is 0.353 e. The summed E-state index contributed by atoms with van der Waals surface area (Å²) in [5, 5.41) is 6.22. The number of anilines is 1. The number of piperazine rings is 1. The molecule has 1 aliphatic heterocycles. The topological polar surface area (TPSA) is 50.1 Å². The summed E-state index contributed by atoms with van der Waals surface area (Å²) in [6.45, 7) is 6.04. The zero-order chi connectivity index (χ0) is 16.7. The first-order chi connectivity index (χ1) is 11.6. The molecular formula is C17H19ClN6. The Bertz CT molecular complexity index is 882. The predicted molar refractivity (Wildman–Crippen MR) is 96.1 cm³/mol. The van der Waals surface area contributed by atoms with Crippen molar-refractivity contribution < 1.29 is 0 Å². The number of fused-ring (bicyclic) bond motifs is 1. The normalized spacial score (nSPS) is 16.0. The van der Waals surface area contributed by atoms with E-state index < -0.39 is 0 Å². The molecule has 0 aliphatic carbocycles. The molecule has 0 saturated carbocycles. The van der Waals surface area contributed by atoms with Gasteiger partial charge in [0.25, 0.3) is 0 Å². The number of halogens is 1. The predicted octanol–water partition coefficient (Wildman–Crippen LogP) is 2.53. The third-order valence-electron chi connectivity index (χ3n) is 4.55. The molecule has 0 N–H and O–H groups in total. The van der Waals surface area contributed by atoms with Crippen LogP contribution in [0.3, 0.4) is 0 Å². The van der Waals surface area contributed by atoms with Gasteiger partial charge in [-0.25, -0.2) is 14.6 Å². The van der Waals surface area contributed by atoms with Crippen molar-refractivity contribution in [2.45, 2.75) is 6.92 Å². The highest BCUT2D eigenvalue weighted by atomic mass is 35.5. The third kappa shape index (κ3) is 2.61. The number of hydrogen-bond donors (Lipinski definition) is 0. The van der Waals surface area contributed by atoms with Crippen LogP contribution in [0.25, 0.3) is 16.7 Å². The number of aromatic nitrogens is 4. The van der Waals surface area contributed by atoms with E-state index in [9.17, 15) is 0 Å². The summed E-state index contributed by atoms with van der Waals surface area (Å²) in [4.78, 5) is 13.6. The van der Waals surface area contributed by atoms with Crippen molar-refractivity contribution in [3.8, 4) is 5.69 Å². The van der Waals surface area contributed by atoms with Crippen LogP contribution < -0.4 is 4.90 Å². The average molecular weight is 343 g/mol. The molecule has 7 heteroatoms. The summed E-state index contributed by atoms with van der Waals surface area (Å²) in [6, 6.07) is 5.80. The SMILES string of the molecule is Cc1ccc(Cl)cc1-n1ncc2c(N3CCN(C)CC3)ncnc21. The third-order valence-corrected chi connectivity index (χ3v) is 4.78. The Balaban J connectivity index is 1.81. The second kappa shape index (κ2) is 6.03. The first-order valence-electron chi connectivity index (χ1n) is 8.02. The number of nitrogens with zero attached hydrogens (tertiary/aromatic N) is 6. The molecule has 1 aliphatic rings. The van der Waals surface area contributed by atoms with E-state index in [2.05, 4.69) is 31.9 Å². The van der Waals surface area contributed by atoms with Crippen LogP contribution in [0, 0.1) is 6.92 Å². The maximum Gasteiger partial charge on any atom is 0.168 e. The number of hydrogen-bond acceptors (Lipinski definition) is 5. The molecule has 0 amide bonds. The Morgan fingerprint density at radius 2 is 1.88 bits per heavy atom. The second-order valence-corrected chi connectivity index (χ2v) is 6.65. The van der Waals surface area contributed by atoms with E-state index in [1.807, 2.05) is 36.0 Å². The van der Waals surface area contributed by atoms with Crippen molar-refractivity contribution in [2.75, 3.05) is 38.1 Å². The van der Waals surface area contributed by atoms with Gasteiger partial charge in [0.2, 0.25) is 0 Å². The lowest BCUT2D eigenvalue weighted by atomic mass is 10.2. The van der Waals surface area contributed by atoms with E-state index in [-0.39, 0.29) is 0 Å². The summed E-state index contributed by atoms with van der Waals surface area (Å²) >= 11 is 6.16. The number of likely N-dealkylation sites (N-methyl/N-ethyl adjacent to an activating group) is 1. The van der Waals surface area contributed by atoms with Crippen LogP contribution in [0.2, 0.25) is 5.02 Å². The van der Waals surface area contributed by atoms with Crippen LogP contribution in [0.1, 0.15) is 5.56 Å². The van der Waals surface area contributed by atoms with E-state index in [1.54, 1.807) is 6.33 Å². The number of rotatable bonds is 2. The first-order valence-corrected chi connectivity index (χ1v) is 8.40. The Hall–Kier alpha value is -2.18. The van der Waals surface area contributed by atoms with Gasteiger partial charge >= 0.3 is 0 Å². The molecule has 0 bridgehead atoms. The molecule has 124 valence electrons. The van der Waals surface area contributed by atoms with Crippen LogP contribution in [0.4, 0.5) is 5.82 Å². The van der Waals surface area contributed by atoms with Crippen LogP contribution in [0.5, 0.6) is 0 Å². The van der Waals surface area contributed by atoms with Crippen molar-refractivity contribution >= 4 is 28.5 Å². The Morgan fingerprint density at radius 1 is 1.08 bits per heavy atom. The minimum Gasteiger partial charge on any atom is -0.353 e. The van der Waals surface area contributed by atoms with Gasteiger partial charge in [0, 0.05) is 31.2 Å². The molecule has 0 radical (unpaired) electrons. The molecule has 6 nitrogen and oxygen atoms in total. The summed E-state index contributed by atoms with van der Waals surface area (Å²) in [7, 11) is 2.15. The van der Waals surface area contributed by atoms with Gasteiger partial charge in [-0.15, -0.1) is 0 Å². The van der Waals surface area contributed by atoms with Gasteiger partial charge in [-0.05, 0) is 31.7 Å². The zero-order valence-electron chi connectivity index (χ0n) is 13.8. The minimum absolute atomic E-state index is 0.688. The van der Waals surface area contributed by atoms with Gasteiger partial charge < -0.3 is 9.80 Å². The van der Waals surface area contributed by atoms with Gasteiger partial charge in [0.05, 0.1) is 17.3 Å². The fraction of sp³-hybridized carbons (Fsp3) is 0.353. The van der Waals surface area contributed by atoms with E-state index in [1.165, 1.54) is 0 Å². The highest BCUT2D eigenvalue weighted by Crippen LogP contribution is 2.27. The molecular weight excluding hydrogens is 324 g/mol. The standard InChI is InChI=1S/C17H19ClN6/c1-12-3-4-13(18)9-15(12)24-17-14(10-21-24)16(19-11-20-17)23-7-5-22(2)6-8-23/h3-4,9-11H,5-8H2,1-2H3. The zero-order valence-corrected chi connectivity index (χ0v) is 14.5. The molecule has 0 spiro atoms. The lowest BCUT2D eigenvalue weighted by Gasteiger charge is -2.33. The van der Waals surface area contributed by atoms with Crippen LogP contribution in [0.15, 0.2) is 30.7 Å². The van der Waals surface area contributed by atoms with Crippen LogP contribution in [-0.4, -0.2) is 57.9 Å². The monoisotopic (exact) mass is 342 g/mol. The smallest absolute Gasteiger partial charge is 0.168 e. The lowest BCUT2D eigenvalue weighted by Crippen LogP contribution is -2.44. The Morgan fingerprint density at radius 3 is 2.67 bits per heavy atom. The van der Waals surface area contributed by atoms with Gasteiger partial charge in [0.1, 0.15) is 12.1 Å². The Labute approximate surface area is 145 Å². The van der Waals surface area contributed by atoms with Gasteiger partial charge in [-0.1, -0.05) is 17.7 Å². The van der Waals surface area contributed by atoms with Crippen LogP contribution in [-0.2, 0) is 0 Å². The molecule has 24 heavy (non-hydrogen) atoms. The molecule has 3 aromatic rings. The van der Waals surface area contributed by atoms with Crippen molar-refractivity contribution in [2.24, 2.45) is 0 Å². The fourth-order valence-corrected chi connectivity index (χ4v) is 3.26. The maximum atomic E-state index is 6.16. The van der Waals surface area contributed by atoms with Gasteiger partial charge in [0.15, 0.2) is 5.65 Å². The quantitative estimate of drug-likeness (QED) is 0.716. The van der Waals surface area contributed by atoms with E-state index in [0.717, 1.165) is 54.3 Å². The molecule has 1 fully saturated rings. The molecule has 1 saturated heterocycles. The van der Waals surface area contributed by atoms with Crippen molar-refractivity contribution in [3.05, 3.63) is 41.3 Å². The highest BCUT2D eigenvalue weighted by molar-refractivity contribution is 6.30. The molecule has 2 aromatic heterocycles. The summed E-state index contributed by atoms with van der Waals surface area (Å²) in [6.07, 6.45) is 3.47. The summed E-state index contributed by atoms with van der Waals surface area (Å²) in [5.74, 6) is 0.957. The van der Waals surface area contributed by atoms with Crippen molar-refractivity contribution in [3.63, 3.8) is 0 Å². The first kappa shape index (κ1) is 15.4. The molecule has 3 heterocycles. The molecule has 0 unspecified atom stereocenters. The fourth-order valence-electron chi connectivity index (χ4n) is 3.09. The van der Waals surface area contributed by atoms with E-state index in [4.69, 9.17) is 11.6 Å². The van der Waals surface area contributed by atoms with Crippen molar-refractivity contribution in [1.82, 2.24) is 24.6 Å². The summed E-state index contributed by atoms with van der Waals surface area (Å²) in [5.41, 5.74) is 2.86. The van der Waals surface area contributed by atoms with Gasteiger partial charge in [-0.2, -0.15) is 5.10 Å². The maximum absolute atomic E-state index is 6.16. The molecule has 4 rings (SSSR count). The molecule has 1 aromatic carbocycles. The Kier molecular flexibility index (Phi) is 3.86. The van der Waals surface area contributed by atoms with E-state index in [0.29, 0.717) is 5.02 Å². The molecule has 0 atom stereocenters. The number of benzene rings is 1. The van der Waals surface area contributed by atoms with Crippen LogP contribution >= 0.6 is 11.6 Å². The second-order valence-electron chi connectivity index (χ2n) is 6.21. The van der Waals surface area contributed by atoms with Crippen molar-refractivity contribution in [1.29, 1.82) is 0 Å². The number of aryl methyl sites for hydroxylation is 1. The minimum atomic E-state index is 0.688. The average Bonchev–Trinajstić information content (AvgIpc) is 3.02. The lowest BCUT2D eigenvalue weighted by molar-refractivity contribution is 0.312. The van der Waals surface area contributed by atoms with Gasteiger partial charge in [-0.3, -0.25) is 0 Å².